The molecule has 0 unspecified atom stereocenters. The maximum atomic E-state index is 13.2. The minimum absolute atomic E-state index is 0.0601. The van der Waals surface area contributed by atoms with Crippen LogP contribution in [-0.4, -0.2) is 27.0 Å². The number of carbonyl (C=O) groups excluding carboxylic acids is 1. The third-order valence-electron chi connectivity index (χ3n) is 5.76. The van der Waals surface area contributed by atoms with Gasteiger partial charge < -0.3 is 4.90 Å². The van der Waals surface area contributed by atoms with Crippen molar-refractivity contribution in [3.63, 3.8) is 0 Å². The largest absolute Gasteiger partial charge is 0.308 e. The number of thiazole rings is 1. The van der Waals surface area contributed by atoms with Crippen molar-refractivity contribution in [3.05, 3.63) is 74.5 Å². The quantitative estimate of drug-likeness (QED) is 0.482. The van der Waals surface area contributed by atoms with Crippen LogP contribution in [0.15, 0.2) is 53.3 Å². The number of benzene rings is 2. The van der Waals surface area contributed by atoms with Crippen LogP contribution in [-0.2, 0) is 10.2 Å². The SMILES string of the molecule is CCCN1C(=O)C(=c2sc3nc(-c4ccc(C(C)(C)C)cc4)nn3c2=O)c2ccccc21. The standard InChI is InChI=1S/C25H24N4O2S/c1-5-14-28-18-9-7-6-8-17(18)19(22(28)30)20-23(31)29-24(32-20)26-21(27-29)15-10-12-16(13-11-15)25(2,3)4/h6-13H,5,14H2,1-4H3. The maximum absolute atomic E-state index is 13.2. The van der Waals surface area contributed by atoms with Crippen molar-refractivity contribution in [2.45, 2.75) is 39.5 Å². The molecule has 2 aromatic carbocycles. The Hall–Kier alpha value is -3.32. The van der Waals surface area contributed by atoms with Crippen molar-refractivity contribution in [1.82, 2.24) is 14.6 Å². The average Bonchev–Trinajstić information content (AvgIpc) is 3.40. The number of anilines is 1. The first-order valence-corrected chi connectivity index (χ1v) is 11.6. The maximum Gasteiger partial charge on any atom is 0.291 e. The number of hydrogen-bond acceptors (Lipinski definition) is 5. The minimum Gasteiger partial charge on any atom is -0.308 e. The summed E-state index contributed by atoms with van der Waals surface area (Å²) < 4.78 is 1.71. The van der Waals surface area contributed by atoms with Gasteiger partial charge in [0.2, 0.25) is 4.96 Å². The van der Waals surface area contributed by atoms with Crippen LogP contribution in [0.1, 0.15) is 45.2 Å². The second-order valence-electron chi connectivity index (χ2n) is 9.04. The molecule has 0 bridgehead atoms. The molecule has 0 aliphatic carbocycles. The molecule has 0 radical (unpaired) electrons. The number of aromatic nitrogens is 3. The van der Waals surface area contributed by atoms with E-state index in [4.69, 9.17) is 0 Å². The van der Waals surface area contributed by atoms with E-state index in [0.29, 0.717) is 27.4 Å². The van der Waals surface area contributed by atoms with E-state index >= 15 is 0 Å². The molecule has 32 heavy (non-hydrogen) atoms. The van der Waals surface area contributed by atoms with Crippen molar-refractivity contribution >= 4 is 33.5 Å². The van der Waals surface area contributed by atoms with Gasteiger partial charge in [-0.15, -0.1) is 5.10 Å². The summed E-state index contributed by atoms with van der Waals surface area (Å²) in [6.45, 7) is 9.15. The van der Waals surface area contributed by atoms with Crippen LogP contribution in [0.3, 0.4) is 0 Å². The molecule has 0 atom stereocenters. The summed E-state index contributed by atoms with van der Waals surface area (Å²) in [5.74, 6) is 0.378. The van der Waals surface area contributed by atoms with Crippen molar-refractivity contribution in [3.8, 4) is 11.4 Å². The van der Waals surface area contributed by atoms with Gasteiger partial charge >= 0.3 is 0 Å². The summed E-state index contributed by atoms with van der Waals surface area (Å²) in [6.07, 6.45) is 0.838. The third kappa shape index (κ3) is 3.15. The molecule has 162 valence electrons. The van der Waals surface area contributed by atoms with Crippen molar-refractivity contribution in [2.24, 2.45) is 0 Å². The summed E-state index contributed by atoms with van der Waals surface area (Å²) in [6, 6.07) is 15.7. The van der Waals surface area contributed by atoms with E-state index in [-0.39, 0.29) is 16.9 Å². The molecule has 4 aromatic rings. The van der Waals surface area contributed by atoms with Crippen LogP contribution < -0.4 is 15.0 Å². The Morgan fingerprint density at radius 2 is 1.72 bits per heavy atom. The summed E-state index contributed by atoms with van der Waals surface area (Å²) in [7, 11) is 0. The number of fused-ring (bicyclic) bond motifs is 2. The van der Waals surface area contributed by atoms with E-state index in [0.717, 1.165) is 23.2 Å². The predicted molar refractivity (Wildman–Crippen MR) is 128 cm³/mol. The van der Waals surface area contributed by atoms with Gasteiger partial charge in [-0.3, -0.25) is 9.59 Å². The van der Waals surface area contributed by atoms with Gasteiger partial charge in [0, 0.05) is 17.7 Å². The van der Waals surface area contributed by atoms with Crippen LogP contribution in [0.25, 0.3) is 21.9 Å². The van der Waals surface area contributed by atoms with Gasteiger partial charge in [0.15, 0.2) is 5.82 Å². The van der Waals surface area contributed by atoms with Gasteiger partial charge in [0.1, 0.15) is 4.53 Å². The predicted octanol–water partition coefficient (Wildman–Crippen LogP) is 3.79. The van der Waals surface area contributed by atoms with Gasteiger partial charge in [-0.25, -0.2) is 0 Å². The number of hydrogen-bond donors (Lipinski definition) is 0. The van der Waals surface area contributed by atoms with Crippen LogP contribution in [0.5, 0.6) is 0 Å². The number of nitrogens with zero attached hydrogens (tertiary/aromatic N) is 4. The van der Waals surface area contributed by atoms with Gasteiger partial charge in [0.25, 0.3) is 11.5 Å². The summed E-state index contributed by atoms with van der Waals surface area (Å²) in [5.41, 5.74) is 3.95. The fourth-order valence-electron chi connectivity index (χ4n) is 4.07. The summed E-state index contributed by atoms with van der Waals surface area (Å²) >= 11 is 1.22. The molecule has 0 spiro atoms. The van der Waals surface area contributed by atoms with Crippen molar-refractivity contribution < 1.29 is 4.79 Å². The first kappa shape index (κ1) is 20.6. The van der Waals surface area contributed by atoms with Crippen LogP contribution in [0, 0.1) is 0 Å². The van der Waals surface area contributed by atoms with E-state index in [1.807, 2.05) is 43.3 Å². The van der Waals surface area contributed by atoms with Crippen molar-refractivity contribution in [2.75, 3.05) is 11.4 Å². The normalized spacial score (nSPS) is 15.6. The molecule has 6 nitrogen and oxygen atoms in total. The molecule has 3 heterocycles. The second-order valence-corrected chi connectivity index (χ2v) is 10.0. The topological polar surface area (TPSA) is 67.6 Å². The van der Waals surface area contributed by atoms with Crippen LogP contribution in [0.4, 0.5) is 5.69 Å². The lowest BCUT2D eigenvalue weighted by atomic mass is 9.87. The molecule has 0 N–H and O–H groups in total. The molecule has 1 amide bonds. The number of para-hydroxylation sites is 1. The molecule has 0 saturated heterocycles. The monoisotopic (exact) mass is 444 g/mol. The van der Waals surface area contributed by atoms with Crippen LogP contribution in [0.2, 0.25) is 0 Å². The highest BCUT2D eigenvalue weighted by atomic mass is 32.1. The minimum atomic E-state index is -0.299. The Morgan fingerprint density at radius 3 is 2.38 bits per heavy atom. The Balaban J connectivity index is 1.63. The lowest BCUT2D eigenvalue weighted by Gasteiger charge is -2.18. The average molecular weight is 445 g/mol. The molecular formula is C25H24N4O2S. The Morgan fingerprint density at radius 1 is 1.00 bits per heavy atom. The zero-order valence-electron chi connectivity index (χ0n) is 18.5. The Kier molecular flexibility index (Phi) is 4.74. The highest BCUT2D eigenvalue weighted by Crippen LogP contribution is 2.35. The third-order valence-corrected chi connectivity index (χ3v) is 6.79. The molecule has 2 aromatic heterocycles. The van der Waals surface area contributed by atoms with Crippen molar-refractivity contribution in [1.29, 1.82) is 0 Å². The number of carbonyl (C=O) groups is 1. The first-order valence-electron chi connectivity index (χ1n) is 10.8. The zero-order chi connectivity index (χ0) is 22.6. The highest BCUT2D eigenvalue weighted by Gasteiger charge is 2.33. The lowest BCUT2D eigenvalue weighted by Crippen LogP contribution is -2.32. The zero-order valence-corrected chi connectivity index (χ0v) is 19.4. The molecule has 1 aliphatic rings. The molecular weight excluding hydrogens is 420 g/mol. The van der Waals surface area contributed by atoms with Crippen LogP contribution >= 0.6 is 11.3 Å². The van der Waals surface area contributed by atoms with E-state index in [1.165, 1.54) is 21.4 Å². The summed E-state index contributed by atoms with van der Waals surface area (Å²) in [5, 5.41) is 4.47. The molecule has 0 fully saturated rings. The van der Waals surface area contributed by atoms with Gasteiger partial charge in [-0.2, -0.15) is 9.50 Å². The number of amides is 1. The second kappa shape index (κ2) is 7.38. The fraction of sp³-hybridized carbons (Fsp3) is 0.280. The molecule has 0 saturated carbocycles. The van der Waals surface area contributed by atoms with E-state index < -0.39 is 0 Å². The van der Waals surface area contributed by atoms with Gasteiger partial charge in [0.05, 0.1) is 11.3 Å². The molecule has 1 aliphatic heterocycles. The Labute approximate surface area is 189 Å². The molecule has 5 rings (SSSR count). The molecule has 7 heteroatoms. The first-order chi connectivity index (χ1) is 15.3. The lowest BCUT2D eigenvalue weighted by molar-refractivity contribution is -0.113. The Bertz CT molecular complexity index is 1460. The van der Waals surface area contributed by atoms with E-state index in [1.54, 1.807) is 4.90 Å². The van der Waals surface area contributed by atoms with Gasteiger partial charge in [-0.1, -0.05) is 81.5 Å². The number of rotatable bonds is 3. The smallest absolute Gasteiger partial charge is 0.291 e. The van der Waals surface area contributed by atoms with E-state index in [2.05, 4.69) is 43.0 Å². The summed E-state index contributed by atoms with van der Waals surface area (Å²) in [4.78, 5) is 33.3. The van der Waals surface area contributed by atoms with E-state index in [9.17, 15) is 9.59 Å². The highest BCUT2D eigenvalue weighted by molar-refractivity contribution is 7.15. The fourth-order valence-corrected chi connectivity index (χ4v) is 5.07. The van der Waals surface area contributed by atoms with Gasteiger partial charge in [-0.05, 0) is 23.5 Å².